The molecule has 0 radical (unpaired) electrons. The van der Waals surface area contributed by atoms with Crippen LogP contribution < -0.4 is 0 Å². The smallest absolute Gasteiger partial charge is 0.312 e. The van der Waals surface area contributed by atoms with E-state index in [0.29, 0.717) is 6.42 Å². The number of rotatable bonds is 6. The number of hydrogen-bond donors (Lipinski definition) is 2. The molecule has 1 aliphatic rings. The fourth-order valence-electron chi connectivity index (χ4n) is 1.76. The molecule has 98 valence electrons. The molecule has 0 aromatic carbocycles. The molecule has 1 aliphatic carbocycles. The Balaban J connectivity index is 2.64. The lowest BCUT2D eigenvalue weighted by molar-refractivity contribution is -0.168. The van der Waals surface area contributed by atoms with Gasteiger partial charge in [0.15, 0.2) is 6.29 Å². The lowest BCUT2D eigenvalue weighted by atomic mass is 9.91. The largest absolute Gasteiger partial charge is 0.481 e. The summed E-state index contributed by atoms with van der Waals surface area (Å²) in [6.45, 7) is 1.95. The predicted octanol–water partition coefficient (Wildman–Crippen LogP) is 1.46. The quantitative estimate of drug-likeness (QED) is 0.697. The first kappa shape index (κ1) is 14.4. The van der Waals surface area contributed by atoms with Gasteiger partial charge in [-0.3, -0.25) is 4.79 Å². The topological polar surface area (TPSA) is 90.5 Å². The van der Waals surface area contributed by atoms with Gasteiger partial charge in [0.2, 0.25) is 0 Å². The molecule has 0 aliphatic heterocycles. The van der Waals surface area contributed by atoms with Crippen molar-refractivity contribution in [1.82, 2.24) is 0 Å². The average Bonchev–Trinajstić information content (AvgIpc) is 2.36. The van der Waals surface area contributed by atoms with Gasteiger partial charge in [-0.1, -0.05) is 23.8 Å². The summed E-state index contributed by atoms with van der Waals surface area (Å²) in [4.78, 5) is 11.1. The normalized spacial score (nSPS) is 21.8. The number of aliphatic carboxylic acids is 1. The van der Waals surface area contributed by atoms with E-state index >= 15 is 0 Å². The minimum Gasteiger partial charge on any atom is -0.481 e. The van der Waals surface area contributed by atoms with E-state index in [2.05, 4.69) is 6.07 Å². The van der Waals surface area contributed by atoms with E-state index in [1.54, 1.807) is 19.1 Å². The minimum atomic E-state index is -1.31. The van der Waals surface area contributed by atoms with Crippen LogP contribution in [-0.2, 0) is 9.53 Å². The molecule has 0 fully saturated rings. The van der Waals surface area contributed by atoms with E-state index in [1.807, 2.05) is 6.08 Å². The van der Waals surface area contributed by atoms with Gasteiger partial charge >= 0.3 is 5.97 Å². The summed E-state index contributed by atoms with van der Waals surface area (Å²) in [7, 11) is 0. The Hall–Kier alpha value is -1.64. The van der Waals surface area contributed by atoms with Gasteiger partial charge < -0.3 is 14.9 Å². The number of ether oxygens (including phenoxy) is 1. The van der Waals surface area contributed by atoms with Gasteiger partial charge in [0, 0.05) is 6.61 Å². The third-order valence-corrected chi connectivity index (χ3v) is 2.80. The van der Waals surface area contributed by atoms with E-state index in [-0.39, 0.29) is 18.9 Å². The van der Waals surface area contributed by atoms with Crippen LogP contribution in [0.5, 0.6) is 0 Å². The summed E-state index contributed by atoms with van der Waals surface area (Å²) in [6.07, 6.45) is 4.80. The Morgan fingerprint density at radius 3 is 2.89 bits per heavy atom. The second-order valence-electron chi connectivity index (χ2n) is 4.10. The van der Waals surface area contributed by atoms with Crippen LogP contribution in [-0.4, -0.2) is 29.1 Å². The van der Waals surface area contributed by atoms with Gasteiger partial charge in [0.1, 0.15) is 5.92 Å². The van der Waals surface area contributed by atoms with E-state index in [4.69, 9.17) is 15.1 Å². The molecule has 2 N–H and O–H groups in total. The SMILES string of the molecule is CCOC(O)C(CC1=CCC(C#N)C=C1)C(=O)O. The zero-order chi connectivity index (χ0) is 13.5. The molecule has 5 heteroatoms. The zero-order valence-electron chi connectivity index (χ0n) is 10.2. The lowest BCUT2D eigenvalue weighted by Crippen LogP contribution is -2.31. The third kappa shape index (κ3) is 3.99. The van der Waals surface area contributed by atoms with Crippen LogP contribution in [0.1, 0.15) is 19.8 Å². The number of nitrogens with zero attached hydrogens (tertiary/aromatic N) is 1. The van der Waals surface area contributed by atoms with E-state index < -0.39 is 18.2 Å². The van der Waals surface area contributed by atoms with Gasteiger partial charge in [-0.05, 0) is 19.8 Å². The maximum Gasteiger partial charge on any atom is 0.312 e. The Kier molecular flexibility index (Phi) is 5.56. The summed E-state index contributed by atoms with van der Waals surface area (Å²) < 4.78 is 4.92. The molecule has 0 amide bonds. The highest BCUT2D eigenvalue weighted by Gasteiger charge is 2.28. The van der Waals surface area contributed by atoms with Crippen LogP contribution in [0.2, 0.25) is 0 Å². The summed E-state index contributed by atoms with van der Waals surface area (Å²) in [5.74, 6) is -2.22. The molecular weight excluding hydrogens is 234 g/mol. The predicted molar refractivity (Wildman–Crippen MR) is 64.3 cm³/mol. The Labute approximate surface area is 106 Å². The molecule has 0 saturated carbocycles. The molecular formula is C13H17NO4. The van der Waals surface area contributed by atoms with Crippen molar-refractivity contribution in [1.29, 1.82) is 5.26 Å². The fraction of sp³-hybridized carbons (Fsp3) is 0.538. The van der Waals surface area contributed by atoms with Crippen molar-refractivity contribution < 1.29 is 19.7 Å². The molecule has 3 atom stereocenters. The number of hydrogen-bond acceptors (Lipinski definition) is 4. The third-order valence-electron chi connectivity index (χ3n) is 2.80. The number of aliphatic hydroxyl groups excluding tert-OH is 1. The molecule has 0 bridgehead atoms. The van der Waals surface area contributed by atoms with Crippen LogP contribution in [0.3, 0.4) is 0 Å². The maximum absolute atomic E-state index is 11.1. The van der Waals surface area contributed by atoms with Gasteiger partial charge in [0.25, 0.3) is 0 Å². The first-order chi connectivity index (χ1) is 8.58. The van der Waals surface area contributed by atoms with Crippen molar-refractivity contribution >= 4 is 5.97 Å². The highest BCUT2D eigenvalue weighted by atomic mass is 16.6. The van der Waals surface area contributed by atoms with Gasteiger partial charge in [0.05, 0.1) is 12.0 Å². The number of nitriles is 1. The standard InChI is InChI=1S/C13H17NO4/c1-2-18-13(17)11(12(15)16)7-9-3-5-10(8-14)6-4-9/h3-5,10-11,13,17H,2,6-7H2,1H3,(H,15,16). The van der Waals surface area contributed by atoms with E-state index in [1.165, 1.54) is 0 Å². The fourth-order valence-corrected chi connectivity index (χ4v) is 1.76. The van der Waals surface area contributed by atoms with Gasteiger partial charge in [-0.25, -0.2) is 0 Å². The van der Waals surface area contributed by atoms with Crippen molar-refractivity contribution in [2.75, 3.05) is 6.61 Å². The number of carboxylic acid groups (broad SMARTS) is 1. The minimum absolute atomic E-state index is 0.145. The molecule has 0 saturated heterocycles. The zero-order valence-corrected chi connectivity index (χ0v) is 10.2. The van der Waals surface area contributed by atoms with Gasteiger partial charge in [-0.2, -0.15) is 5.26 Å². The molecule has 0 aromatic heterocycles. The van der Waals surface area contributed by atoms with Crippen molar-refractivity contribution in [3.8, 4) is 6.07 Å². The Morgan fingerprint density at radius 1 is 1.72 bits per heavy atom. The molecule has 18 heavy (non-hydrogen) atoms. The number of aliphatic hydroxyl groups is 1. The highest BCUT2D eigenvalue weighted by molar-refractivity contribution is 5.71. The molecule has 0 spiro atoms. The van der Waals surface area contributed by atoms with Crippen LogP contribution in [0.25, 0.3) is 0 Å². The second kappa shape index (κ2) is 6.94. The average molecular weight is 251 g/mol. The maximum atomic E-state index is 11.1. The first-order valence-electron chi connectivity index (χ1n) is 5.87. The summed E-state index contributed by atoms with van der Waals surface area (Å²) >= 11 is 0. The molecule has 3 unspecified atom stereocenters. The Morgan fingerprint density at radius 2 is 2.44 bits per heavy atom. The van der Waals surface area contributed by atoms with Gasteiger partial charge in [-0.15, -0.1) is 0 Å². The van der Waals surface area contributed by atoms with E-state index in [9.17, 15) is 9.90 Å². The van der Waals surface area contributed by atoms with Crippen LogP contribution >= 0.6 is 0 Å². The summed E-state index contributed by atoms with van der Waals surface area (Å²) in [5, 5.41) is 27.4. The Bertz CT molecular complexity index is 394. The molecule has 0 aromatic rings. The first-order valence-corrected chi connectivity index (χ1v) is 5.87. The summed E-state index contributed by atoms with van der Waals surface area (Å²) in [6, 6.07) is 2.12. The van der Waals surface area contributed by atoms with Crippen molar-refractivity contribution in [3.63, 3.8) is 0 Å². The highest BCUT2D eigenvalue weighted by Crippen LogP contribution is 2.23. The number of carboxylic acids is 1. The molecule has 5 nitrogen and oxygen atoms in total. The number of allylic oxidation sites excluding steroid dienone is 4. The monoisotopic (exact) mass is 251 g/mol. The van der Waals surface area contributed by atoms with Crippen molar-refractivity contribution in [2.24, 2.45) is 11.8 Å². The second-order valence-corrected chi connectivity index (χ2v) is 4.10. The number of carbonyl (C=O) groups is 1. The van der Waals surface area contributed by atoms with Crippen molar-refractivity contribution in [3.05, 3.63) is 23.8 Å². The van der Waals surface area contributed by atoms with Crippen LogP contribution in [0.15, 0.2) is 23.8 Å². The molecule has 0 heterocycles. The van der Waals surface area contributed by atoms with Crippen LogP contribution in [0.4, 0.5) is 0 Å². The molecule has 1 rings (SSSR count). The lowest BCUT2D eigenvalue weighted by Gasteiger charge is -2.20. The van der Waals surface area contributed by atoms with E-state index in [0.717, 1.165) is 5.57 Å². The van der Waals surface area contributed by atoms with Crippen LogP contribution in [0, 0.1) is 23.2 Å². The summed E-state index contributed by atoms with van der Waals surface area (Å²) in [5.41, 5.74) is 0.813. The van der Waals surface area contributed by atoms with Crippen molar-refractivity contribution in [2.45, 2.75) is 26.1 Å².